The lowest BCUT2D eigenvalue weighted by atomic mass is 10.3. The number of ketones is 1. The van der Waals surface area contributed by atoms with Crippen LogP contribution >= 0.6 is 11.3 Å². The molecule has 0 aliphatic rings. The highest BCUT2D eigenvalue weighted by molar-refractivity contribution is 7.14. The summed E-state index contributed by atoms with van der Waals surface area (Å²) in [7, 11) is 1.72. The number of carbonyl (C=O) groups is 1. The van der Waals surface area contributed by atoms with Crippen LogP contribution < -0.4 is 5.56 Å². The van der Waals surface area contributed by atoms with Crippen LogP contribution in [-0.2, 0) is 13.6 Å². The molecule has 7 heteroatoms. The van der Waals surface area contributed by atoms with E-state index < -0.39 is 0 Å². The van der Waals surface area contributed by atoms with E-state index in [1.54, 1.807) is 13.1 Å². The number of rotatable bonds is 3. The van der Waals surface area contributed by atoms with E-state index in [2.05, 4.69) is 10.1 Å². The van der Waals surface area contributed by atoms with Crippen molar-refractivity contribution < 1.29 is 4.79 Å². The number of hydrogen-bond donors (Lipinski definition) is 0. The van der Waals surface area contributed by atoms with Crippen LogP contribution in [0.15, 0.2) is 29.5 Å². The summed E-state index contributed by atoms with van der Waals surface area (Å²) >= 11 is 1.43. The molecule has 6 nitrogen and oxygen atoms in total. The van der Waals surface area contributed by atoms with E-state index in [0.29, 0.717) is 15.9 Å². The molecule has 102 valence electrons. The lowest BCUT2D eigenvalue weighted by Crippen LogP contribution is -2.24. The lowest BCUT2D eigenvalue weighted by molar-refractivity contribution is 0.0974. The molecule has 3 heterocycles. The van der Waals surface area contributed by atoms with E-state index in [9.17, 15) is 9.59 Å². The van der Waals surface area contributed by atoms with Crippen molar-refractivity contribution in [1.29, 1.82) is 0 Å². The zero-order valence-corrected chi connectivity index (χ0v) is 11.8. The van der Waals surface area contributed by atoms with Crippen molar-refractivity contribution in [3.63, 3.8) is 0 Å². The van der Waals surface area contributed by atoms with Crippen LogP contribution in [0.4, 0.5) is 0 Å². The summed E-state index contributed by atoms with van der Waals surface area (Å²) < 4.78 is 2.85. The van der Waals surface area contributed by atoms with Gasteiger partial charge in [-0.3, -0.25) is 18.8 Å². The molecule has 0 saturated heterocycles. The Morgan fingerprint density at radius 3 is 2.90 bits per heavy atom. The molecule has 20 heavy (non-hydrogen) atoms. The molecule has 0 aliphatic heterocycles. The molecule has 0 unspecified atom stereocenters. The molecular formula is C13H12N4O2S. The molecule has 0 aromatic carbocycles. The Kier molecular flexibility index (Phi) is 2.98. The average molecular weight is 288 g/mol. The number of thiophene rings is 1. The van der Waals surface area contributed by atoms with Gasteiger partial charge in [0.25, 0.3) is 5.56 Å². The Labute approximate surface area is 118 Å². The number of carbonyl (C=O) groups excluding carboxylic acids is 1. The van der Waals surface area contributed by atoms with Crippen LogP contribution in [0.5, 0.6) is 0 Å². The van der Waals surface area contributed by atoms with Crippen LogP contribution in [0.3, 0.4) is 0 Å². The van der Waals surface area contributed by atoms with Crippen molar-refractivity contribution in [2.75, 3.05) is 0 Å². The zero-order chi connectivity index (χ0) is 14.3. The molecule has 0 fully saturated rings. The van der Waals surface area contributed by atoms with Gasteiger partial charge in [-0.1, -0.05) is 0 Å². The Bertz CT molecular complexity index is 859. The highest BCUT2D eigenvalue weighted by Crippen LogP contribution is 2.16. The minimum atomic E-state index is -0.246. The zero-order valence-electron chi connectivity index (χ0n) is 11.0. The maximum Gasteiger partial charge on any atom is 0.264 e. The molecule has 0 amide bonds. The van der Waals surface area contributed by atoms with Gasteiger partial charge in [0.05, 0.1) is 17.6 Å². The van der Waals surface area contributed by atoms with E-state index in [1.165, 1.54) is 33.1 Å². The first-order valence-corrected chi connectivity index (χ1v) is 6.84. The smallest absolute Gasteiger partial charge is 0.264 e. The number of Topliss-reactive ketones (excluding diaryl/α,β-unsaturated/α-hetero) is 1. The summed E-state index contributed by atoms with van der Waals surface area (Å²) in [4.78, 5) is 30.2. The fourth-order valence-electron chi connectivity index (χ4n) is 2.00. The summed E-state index contributed by atoms with van der Waals surface area (Å²) in [5.74, 6) is -0.0877. The number of aryl methyl sites for hydroxylation is 2. The van der Waals surface area contributed by atoms with Gasteiger partial charge in [-0.25, -0.2) is 4.98 Å². The second-order valence-corrected chi connectivity index (χ2v) is 5.80. The van der Waals surface area contributed by atoms with E-state index in [4.69, 9.17) is 0 Å². The summed E-state index contributed by atoms with van der Waals surface area (Å²) in [6.07, 6.45) is 2.87. The Morgan fingerprint density at radius 1 is 1.40 bits per heavy atom. The molecule has 0 radical (unpaired) electrons. The van der Waals surface area contributed by atoms with Gasteiger partial charge in [-0.2, -0.15) is 5.10 Å². The van der Waals surface area contributed by atoms with E-state index in [1.807, 2.05) is 13.0 Å². The normalized spacial score (nSPS) is 11.1. The fraction of sp³-hybridized carbons (Fsp3) is 0.231. The third-order valence-electron chi connectivity index (χ3n) is 3.05. The predicted octanol–water partition coefficient (Wildman–Crippen LogP) is 1.38. The molecule has 3 aromatic rings. The van der Waals surface area contributed by atoms with Crippen molar-refractivity contribution in [2.45, 2.75) is 13.5 Å². The molecule has 0 spiro atoms. The van der Waals surface area contributed by atoms with Gasteiger partial charge in [0.2, 0.25) is 0 Å². The van der Waals surface area contributed by atoms with E-state index in [0.717, 1.165) is 4.88 Å². The van der Waals surface area contributed by atoms with E-state index in [-0.39, 0.29) is 17.9 Å². The third kappa shape index (κ3) is 2.05. The van der Waals surface area contributed by atoms with Crippen LogP contribution in [0.2, 0.25) is 0 Å². The summed E-state index contributed by atoms with van der Waals surface area (Å²) in [5, 5.41) is 4.42. The molecule has 3 aromatic heterocycles. The maximum absolute atomic E-state index is 12.2. The molecule has 3 rings (SSSR count). The largest absolute Gasteiger partial charge is 0.291 e. The van der Waals surface area contributed by atoms with Gasteiger partial charge in [0, 0.05) is 11.9 Å². The van der Waals surface area contributed by atoms with Gasteiger partial charge < -0.3 is 0 Å². The Hall–Kier alpha value is -2.28. The third-order valence-corrected chi connectivity index (χ3v) is 4.09. The fourth-order valence-corrected chi connectivity index (χ4v) is 2.79. The van der Waals surface area contributed by atoms with Gasteiger partial charge in [-0.15, -0.1) is 11.3 Å². The maximum atomic E-state index is 12.2. The first kappa shape index (κ1) is 12.7. The topological polar surface area (TPSA) is 69.8 Å². The molecule has 0 bridgehead atoms. The molecule has 0 aliphatic carbocycles. The van der Waals surface area contributed by atoms with E-state index >= 15 is 0 Å². The van der Waals surface area contributed by atoms with Crippen LogP contribution in [0, 0.1) is 6.92 Å². The van der Waals surface area contributed by atoms with Crippen LogP contribution in [0.25, 0.3) is 11.0 Å². The molecular weight excluding hydrogens is 276 g/mol. The average Bonchev–Trinajstić information content (AvgIpc) is 3.00. The van der Waals surface area contributed by atoms with Crippen molar-refractivity contribution in [3.05, 3.63) is 44.8 Å². The molecule has 0 atom stereocenters. The lowest BCUT2D eigenvalue weighted by Gasteiger charge is -2.03. The first-order chi connectivity index (χ1) is 9.56. The molecule has 0 N–H and O–H groups in total. The standard InChI is InChI=1S/C13H12N4O2S/c1-8-3-4-11(20-8)10(18)6-17-7-14-12-9(13(17)19)5-15-16(12)2/h3-5,7H,6H2,1-2H3. The number of hydrogen-bond acceptors (Lipinski definition) is 5. The van der Waals surface area contributed by atoms with Gasteiger partial charge in [0.15, 0.2) is 11.4 Å². The van der Waals surface area contributed by atoms with Gasteiger partial charge in [-0.05, 0) is 19.1 Å². The number of nitrogens with zero attached hydrogens (tertiary/aromatic N) is 4. The van der Waals surface area contributed by atoms with Gasteiger partial charge in [0.1, 0.15) is 11.7 Å². The summed E-state index contributed by atoms with van der Waals surface area (Å²) in [6.45, 7) is 1.94. The quantitative estimate of drug-likeness (QED) is 0.683. The highest BCUT2D eigenvalue weighted by Gasteiger charge is 2.13. The number of fused-ring (bicyclic) bond motifs is 1. The Morgan fingerprint density at radius 2 is 2.20 bits per heavy atom. The van der Waals surface area contributed by atoms with Crippen molar-refractivity contribution >= 4 is 28.2 Å². The first-order valence-electron chi connectivity index (χ1n) is 6.03. The monoisotopic (exact) mass is 288 g/mol. The molecule has 0 saturated carbocycles. The second-order valence-electron chi connectivity index (χ2n) is 4.52. The second kappa shape index (κ2) is 4.68. The van der Waals surface area contributed by atoms with Crippen molar-refractivity contribution in [3.8, 4) is 0 Å². The van der Waals surface area contributed by atoms with Gasteiger partial charge >= 0.3 is 0 Å². The summed E-state index contributed by atoms with van der Waals surface area (Å²) in [5.41, 5.74) is 0.274. The SMILES string of the molecule is Cc1ccc(C(=O)Cn2cnc3c(cnn3C)c2=O)s1. The van der Waals surface area contributed by atoms with Crippen molar-refractivity contribution in [2.24, 2.45) is 7.05 Å². The predicted molar refractivity (Wildman–Crippen MR) is 76.2 cm³/mol. The highest BCUT2D eigenvalue weighted by atomic mass is 32.1. The van der Waals surface area contributed by atoms with Crippen LogP contribution in [-0.4, -0.2) is 25.1 Å². The Balaban J connectivity index is 1.97. The minimum Gasteiger partial charge on any atom is -0.291 e. The van der Waals surface area contributed by atoms with Crippen LogP contribution in [0.1, 0.15) is 14.5 Å². The van der Waals surface area contributed by atoms with Crippen molar-refractivity contribution in [1.82, 2.24) is 19.3 Å². The number of aromatic nitrogens is 4. The summed E-state index contributed by atoms with van der Waals surface area (Å²) in [6, 6.07) is 3.67. The minimum absolute atomic E-state index is 0.00335.